The molecule has 8 heteroatoms. The van der Waals surface area contributed by atoms with E-state index in [0.29, 0.717) is 12.5 Å². The van der Waals surface area contributed by atoms with Gasteiger partial charge >= 0.3 is 0 Å². The zero-order valence-corrected chi connectivity index (χ0v) is 12.9. The molecule has 2 N–H and O–H groups in total. The molecule has 1 unspecified atom stereocenters. The minimum absolute atomic E-state index is 0.0154. The molecule has 6 nitrogen and oxygen atoms in total. The van der Waals surface area contributed by atoms with Crippen LogP contribution in [0.4, 0.5) is 5.69 Å². The number of benzene rings is 1. The smallest absolute Gasteiger partial charge is 0.271 e. The highest BCUT2D eigenvalue weighted by Crippen LogP contribution is 2.36. The predicted octanol–water partition coefficient (Wildman–Crippen LogP) is 2.71. The van der Waals surface area contributed by atoms with Crippen LogP contribution in [0.3, 0.4) is 0 Å². The van der Waals surface area contributed by atoms with Crippen molar-refractivity contribution in [3.63, 3.8) is 0 Å². The molecule has 21 heavy (non-hydrogen) atoms. The van der Waals surface area contributed by atoms with E-state index in [4.69, 9.17) is 28.9 Å². The number of halogens is 2. The average molecular weight is 332 g/mol. The van der Waals surface area contributed by atoms with E-state index in [9.17, 15) is 14.9 Å². The second-order valence-corrected chi connectivity index (χ2v) is 5.89. The number of nitrogens with zero attached hydrogens (tertiary/aromatic N) is 2. The van der Waals surface area contributed by atoms with Gasteiger partial charge in [-0.25, -0.2) is 0 Å². The standard InChI is InChI=1S/C13H15Cl2N3O3/c1-17(11(6-16)7-2-3-7)13(19)9-4-8(18(20)21)5-10(14)12(9)15/h4-5,7,11H,2-3,6,16H2,1H3. The van der Waals surface area contributed by atoms with Crippen molar-refractivity contribution < 1.29 is 9.72 Å². The van der Waals surface area contributed by atoms with Crippen molar-refractivity contribution >= 4 is 34.8 Å². The second kappa shape index (κ2) is 6.17. The van der Waals surface area contributed by atoms with Crippen LogP contribution in [0, 0.1) is 16.0 Å². The first kappa shape index (κ1) is 16.0. The highest BCUT2D eigenvalue weighted by Gasteiger charge is 2.36. The summed E-state index contributed by atoms with van der Waals surface area (Å²) in [6.45, 7) is 0.340. The number of nitro groups is 1. The van der Waals surface area contributed by atoms with Crippen molar-refractivity contribution in [2.24, 2.45) is 11.7 Å². The van der Waals surface area contributed by atoms with Gasteiger partial charge in [-0.3, -0.25) is 14.9 Å². The Morgan fingerprint density at radius 1 is 1.52 bits per heavy atom. The van der Waals surface area contributed by atoms with Crippen molar-refractivity contribution in [2.45, 2.75) is 18.9 Å². The fourth-order valence-electron chi connectivity index (χ4n) is 2.32. The molecule has 0 bridgehead atoms. The molecule has 1 amide bonds. The van der Waals surface area contributed by atoms with Crippen LogP contribution in [0.5, 0.6) is 0 Å². The number of carbonyl (C=O) groups is 1. The van der Waals surface area contributed by atoms with Crippen molar-refractivity contribution in [1.29, 1.82) is 0 Å². The van der Waals surface area contributed by atoms with Gasteiger partial charge in [0.25, 0.3) is 11.6 Å². The lowest BCUT2D eigenvalue weighted by Crippen LogP contribution is -2.43. The Morgan fingerprint density at radius 2 is 2.14 bits per heavy atom. The largest absolute Gasteiger partial charge is 0.337 e. The molecular weight excluding hydrogens is 317 g/mol. The predicted molar refractivity (Wildman–Crippen MR) is 80.8 cm³/mol. The zero-order chi connectivity index (χ0) is 15.7. The molecule has 0 saturated heterocycles. The lowest BCUT2D eigenvalue weighted by Gasteiger charge is -2.27. The summed E-state index contributed by atoms with van der Waals surface area (Å²) in [5.41, 5.74) is 5.47. The highest BCUT2D eigenvalue weighted by molar-refractivity contribution is 6.44. The quantitative estimate of drug-likeness (QED) is 0.663. The number of nitro benzene ring substituents is 1. The van der Waals surface area contributed by atoms with Gasteiger partial charge in [-0.2, -0.15) is 0 Å². The molecule has 0 radical (unpaired) electrons. The highest BCUT2D eigenvalue weighted by atomic mass is 35.5. The summed E-state index contributed by atoms with van der Waals surface area (Å²) < 4.78 is 0. The number of nitrogens with two attached hydrogens (primary N) is 1. The van der Waals surface area contributed by atoms with Gasteiger partial charge in [-0.15, -0.1) is 0 Å². The van der Waals surface area contributed by atoms with Gasteiger partial charge in [-0.1, -0.05) is 23.2 Å². The van der Waals surface area contributed by atoms with Crippen molar-refractivity contribution in [2.75, 3.05) is 13.6 Å². The Bertz CT molecular complexity index is 590. The third kappa shape index (κ3) is 3.28. The van der Waals surface area contributed by atoms with E-state index in [1.54, 1.807) is 7.05 Å². The number of carbonyl (C=O) groups excluding carboxylic acids is 1. The lowest BCUT2D eigenvalue weighted by molar-refractivity contribution is -0.384. The number of rotatable bonds is 5. The van der Waals surface area contributed by atoms with Crippen LogP contribution >= 0.6 is 23.2 Å². The summed E-state index contributed by atoms with van der Waals surface area (Å²) in [5, 5.41) is 10.9. The molecule has 2 rings (SSSR count). The summed E-state index contributed by atoms with van der Waals surface area (Å²) in [4.78, 5) is 24.3. The number of non-ortho nitro benzene ring substituents is 1. The van der Waals surface area contributed by atoms with Gasteiger partial charge in [0.15, 0.2) is 0 Å². The maximum Gasteiger partial charge on any atom is 0.271 e. The molecule has 1 fully saturated rings. The summed E-state index contributed by atoms with van der Waals surface area (Å²) in [7, 11) is 1.63. The number of hydrogen-bond donors (Lipinski definition) is 1. The minimum atomic E-state index is -0.611. The van der Waals surface area contributed by atoms with E-state index in [0.717, 1.165) is 25.0 Å². The molecule has 1 saturated carbocycles. The van der Waals surface area contributed by atoms with E-state index in [2.05, 4.69) is 0 Å². The molecule has 1 atom stereocenters. The van der Waals surface area contributed by atoms with E-state index >= 15 is 0 Å². The summed E-state index contributed by atoms with van der Waals surface area (Å²) in [6, 6.07) is 2.18. The maximum atomic E-state index is 12.5. The molecule has 114 valence electrons. The Balaban J connectivity index is 2.35. The van der Waals surface area contributed by atoms with Crippen LogP contribution in [0.25, 0.3) is 0 Å². The molecular formula is C13H15Cl2N3O3. The van der Waals surface area contributed by atoms with Crippen LogP contribution in [-0.2, 0) is 0 Å². The fraction of sp³-hybridized carbons (Fsp3) is 0.462. The van der Waals surface area contributed by atoms with Gasteiger partial charge in [0, 0.05) is 31.8 Å². The molecule has 0 spiro atoms. The molecule has 1 aliphatic carbocycles. The van der Waals surface area contributed by atoms with Crippen LogP contribution in [0.2, 0.25) is 10.0 Å². The second-order valence-electron chi connectivity index (χ2n) is 5.10. The number of amides is 1. The topological polar surface area (TPSA) is 89.5 Å². The Hall–Kier alpha value is -1.37. The Kier molecular flexibility index (Phi) is 4.70. The number of likely N-dealkylation sites (N-methyl/N-ethyl adjacent to an activating group) is 1. The number of hydrogen-bond acceptors (Lipinski definition) is 4. The average Bonchev–Trinajstić information content (AvgIpc) is 3.26. The fourth-order valence-corrected chi connectivity index (χ4v) is 2.73. The molecule has 0 heterocycles. The molecule has 1 aromatic carbocycles. The van der Waals surface area contributed by atoms with E-state index in [1.165, 1.54) is 4.90 Å². The summed E-state index contributed by atoms with van der Waals surface area (Å²) >= 11 is 11.9. The van der Waals surface area contributed by atoms with Crippen molar-refractivity contribution in [3.8, 4) is 0 Å². The first-order chi connectivity index (χ1) is 9.86. The van der Waals surface area contributed by atoms with Gasteiger partial charge in [0.05, 0.1) is 20.5 Å². The maximum absolute atomic E-state index is 12.5. The Morgan fingerprint density at radius 3 is 2.62 bits per heavy atom. The monoisotopic (exact) mass is 331 g/mol. The SMILES string of the molecule is CN(C(=O)c1cc([N+](=O)[O-])cc(Cl)c1Cl)C(CN)C1CC1. The minimum Gasteiger partial charge on any atom is -0.337 e. The van der Waals surface area contributed by atoms with Gasteiger partial charge < -0.3 is 10.6 Å². The molecule has 1 aromatic rings. The van der Waals surface area contributed by atoms with E-state index in [-0.39, 0.29) is 27.3 Å². The normalized spacial score (nSPS) is 15.6. The van der Waals surface area contributed by atoms with Crippen LogP contribution in [-0.4, -0.2) is 35.4 Å². The van der Waals surface area contributed by atoms with Crippen molar-refractivity contribution in [1.82, 2.24) is 4.90 Å². The van der Waals surface area contributed by atoms with Gasteiger partial charge in [0.2, 0.25) is 0 Å². The first-order valence-electron chi connectivity index (χ1n) is 6.47. The van der Waals surface area contributed by atoms with Crippen molar-refractivity contribution in [3.05, 3.63) is 37.9 Å². The molecule has 0 aliphatic heterocycles. The third-order valence-electron chi connectivity index (χ3n) is 3.68. The zero-order valence-electron chi connectivity index (χ0n) is 11.4. The van der Waals surface area contributed by atoms with Crippen LogP contribution < -0.4 is 5.73 Å². The Labute approximate surface area is 132 Å². The molecule has 1 aliphatic rings. The van der Waals surface area contributed by atoms with Gasteiger partial charge in [0.1, 0.15) is 0 Å². The molecule has 0 aromatic heterocycles. The van der Waals surface area contributed by atoms with E-state index in [1.807, 2.05) is 0 Å². The van der Waals surface area contributed by atoms with E-state index < -0.39 is 10.8 Å². The summed E-state index contributed by atoms with van der Waals surface area (Å²) in [5.74, 6) is -0.0233. The lowest BCUT2D eigenvalue weighted by atomic mass is 10.1. The van der Waals surface area contributed by atoms with Crippen LogP contribution in [0.15, 0.2) is 12.1 Å². The van der Waals surface area contributed by atoms with Gasteiger partial charge in [-0.05, 0) is 18.8 Å². The first-order valence-corrected chi connectivity index (χ1v) is 7.23. The third-order valence-corrected chi connectivity index (χ3v) is 4.48. The van der Waals surface area contributed by atoms with Crippen LogP contribution in [0.1, 0.15) is 23.2 Å². The summed E-state index contributed by atoms with van der Waals surface area (Å²) in [6.07, 6.45) is 2.06.